The van der Waals surface area contributed by atoms with E-state index in [1.54, 1.807) is 11.2 Å². The topological polar surface area (TPSA) is 58.1 Å². The minimum Gasteiger partial charge on any atom is -0.369 e. The number of nitrogens with zero attached hydrogens (tertiary/aromatic N) is 3. The van der Waals surface area contributed by atoms with Crippen LogP contribution in [0.5, 0.6) is 0 Å². The van der Waals surface area contributed by atoms with Crippen LogP contribution in [-0.4, -0.2) is 33.9 Å². The summed E-state index contributed by atoms with van der Waals surface area (Å²) in [6.45, 7) is 1.82. The Hall–Kier alpha value is -2.57. The third kappa shape index (κ3) is 3.46. The van der Waals surface area contributed by atoms with Crippen molar-refractivity contribution in [1.29, 1.82) is 0 Å². The SMILES string of the molecule is O=C(c1ccc(F)c(F)c1)N1CCc2c(ncnc2NCC23CC4CC(CC(C4)C2)C3)C1. The van der Waals surface area contributed by atoms with Crippen molar-refractivity contribution >= 4 is 11.7 Å². The lowest BCUT2D eigenvalue weighted by molar-refractivity contribution is -0.0444. The van der Waals surface area contributed by atoms with Crippen molar-refractivity contribution in [2.45, 2.75) is 51.5 Å². The molecule has 7 heteroatoms. The Bertz CT molecular complexity index is 1040. The summed E-state index contributed by atoms with van der Waals surface area (Å²) in [5.41, 5.74) is 2.47. The number of aromatic nitrogens is 2. The largest absolute Gasteiger partial charge is 0.369 e. The second kappa shape index (κ2) is 7.49. The number of fused-ring (bicyclic) bond motifs is 1. The maximum absolute atomic E-state index is 13.6. The van der Waals surface area contributed by atoms with Gasteiger partial charge in [-0.3, -0.25) is 4.79 Å². The number of hydrogen-bond acceptors (Lipinski definition) is 4. The van der Waals surface area contributed by atoms with Crippen LogP contribution in [0.4, 0.5) is 14.6 Å². The van der Waals surface area contributed by atoms with Gasteiger partial charge in [-0.05, 0) is 86.3 Å². The fourth-order valence-electron chi connectivity index (χ4n) is 7.27. The smallest absolute Gasteiger partial charge is 0.254 e. The van der Waals surface area contributed by atoms with Gasteiger partial charge in [-0.2, -0.15) is 0 Å². The lowest BCUT2D eigenvalue weighted by Crippen LogP contribution is -2.49. The molecule has 7 rings (SSSR count). The van der Waals surface area contributed by atoms with E-state index in [1.165, 1.54) is 44.6 Å². The van der Waals surface area contributed by atoms with Gasteiger partial charge in [-0.1, -0.05) is 0 Å². The van der Waals surface area contributed by atoms with Gasteiger partial charge in [0.1, 0.15) is 12.1 Å². The maximum Gasteiger partial charge on any atom is 0.254 e. The van der Waals surface area contributed by atoms with Gasteiger partial charge >= 0.3 is 0 Å². The summed E-state index contributed by atoms with van der Waals surface area (Å²) < 4.78 is 26.8. The van der Waals surface area contributed by atoms with Crippen LogP contribution in [-0.2, 0) is 13.0 Å². The highest BCUT2D eigenvalue weighted by Gasteiger charge is 2.50. The quantitative estimate of drug-likeness (QED) is 0.759. The van der Waals surface area contributed by atoms with Crippen LogP contribution in [0.3, 0.4) is 0 Å². The molecule has 0 unspecified atom stereocenters. The number of halogens is 2. The van der Waals surface area contributed by atoms with Crippen LogP contribution < -0.4 is 5.32 Å². The molecule has 32 heavy (non-hydrogen) atoms. The van der Waals surface area contributed by atoms with Crippen molar-refractivity contribution in [3.8, 4) is 0 Å². The molecule has 1 N–H and O–H groups in total. The number of benzene rings is 1. The molecule has 168 valence electrons. The van der Waals surface area contributed by atoms with Gasteiger partial charge in [0.05, 0.1) is 12.2 Å². The number of hydrogen-bond donors (Lipinski definition) is 1. The second-order valence-electron chi connectivity index (χ2n) is 10.5. The van der Waals surface area contributed by atoms with Crippen molar-refractivity contribution < 1.29 is 13.6 Å². The summed E-state index contributed by atoms with van der Waals surface area (Å²) in [5.74, 6) is 1.37. The first-order chi connectivity index (χ1) is 15.5. The highest BCUT2D eigenvalue weighted by atomic mass is 19.2. The summed E-state index contributed by atoms with van der Waals surface area (Å²) >= 11 is 0. The van der Waals surface area contributed by atoms with E-state index < -0.39 is 11.6 Å². The maximum atomic E-state index is 13.6. The average Bonchev–Trinajstić information content (AvgIpc) is 2.78. The third-order valence-electron chi connectivity index (χ3n) is 8.26. The fourth-order valence-corrected chi connectivity index (χ4v) is 7.27. The zero-order valence-electron chi connectivity index (χ0n) is 18.1. The number of nitrogens with one attached hydrogen (secondary N) is 1. The fraction of sp³-hybridized carbons (Fsp3) is 0.560. The van der Waals surface area contributed by atoms with Gasteiger partial charge in [0.15, 0.2) is 11.6 Å². The summed E-state index contributed by atoms with van der Waals surface area (Å²) in [6, 6.07) is 3.29. The molecule has 5 nitrogen and oxygen atoms in total. The molecule has 0 saturated heterocycles. The summed E-state index contributed by atoms with van der Waals surface area (Å²) in [4.78, 5) is 23.4. The first-order valence-corrected chi connectivity index (χ1v) is 11.8. The molecule has 1 aliphatic heterocycles. The Kier molecular flexibility index (Phi) is 4.70. The molecule has 2 heterocycles. The van der Waals surface area contributed by atoms with Crippen molar-refractivity contribution in [2.75, 3.05) is 18.4 Å². The summed E-state index contributed by atoms with van der Waals surface area (Å²) in [6.07, 6.45) is 10.5. The molecule has 0 spiro atoms. The Balaban J connectivity index is 1.17. The van der Waals surface area contributed by atoms with Crippen LogP contribution in [0.1, 0.15) is 60.1 Å². The van der Waals surface area contributed by atoms with E-state index in [9.17, 15) is 13.6 Å². The number of anilines is 1. The third-order valence-corrected chi connectivity index (χ3v) is 8.26. The van der Waals surface area contributed by atoms with E-state index in [1.807, 2.05) is 0 Å². The highest BCUT2D eigenvalue weighted by Crippen LogP contribution is 2.59. The Morgan fingerprint density at radius 3 is 2.47 bits per heavy atom. The van der Waals surface area contributed by atoms with Crippen molar-refractivity contribution in [1.82, 2.24) is 14.9 Å². The molecule has 1 aromatic carbocycles. The van der Waals surface area contributed by atoms with E-state index in [0.29, 0.717) is 24.9 Å². The number of carbonyl (C=O) groups excluding carboxylic acids is 1. The first kappa shape index (κ1) is 20.1. The van der Waals surface area contributed by atoms with E-state index in [-0.39, 0.29) is 11.5 Å². The van der Waals surface area contributed by atoms with Gasteiger partial charge in [0.2, 0.25) is 0 Å². The predicted octanol–water partition coefficient (Wildman–Crippen LogP) is 4.58. The van der Waals surface area contributed by atoms with E-state index in [2.05, 4.69) is 15.3 Å². The molecule has 0 atom stereocenters. The van der Waals surface area contributed by atoms with Crippen LogP contribution in [0, 0.1) is 34.8 Å². The Morgan fingerprint density at radius 1 is 1.06 bits per heavy atom. The van der Waals surface area contributed by atoms with Crippen LogP contribution in [0.25, 0.3) is 0 Å². The molecule has 4 aliphatic carbocycles. The molecule has 4 fully saturated rings. The molecule has 5 aliphatic rings. The van der Waals surface area contributed by atoms with Crippen LogP contribution >= 0.6 is 0 Å². The zero-order chi connectivity index (χ0) is 21.9. The molecule has 2 aromatic rings. The molecule has 4 bridgehead atoms. The molecule has 1 aromatic heterocycles. The summed E-state index contributed by atoms with van der Waals surface area (Å²) in [5, 5.41) is 3.67. The molecular weight excluding hydrogens is 410 g/mol. The molecule has 1 amide bonds. The van der Waals surface area contributed by atoms with Crippen LogP contribution in [0.15, 0.2) is 24.5 Å². The predicted molar refractivity (Wildman–Crippen MR) is 116 cm³/mol. The number of amides is 1. The standard InChI is InChI=1S/C25H28F2N4O/c26-20-2-1-18(8-21(20)27)24(32)31-4-3-19-22(12-31)29-14-30-23(19)28-13-25-9-15-5-16(10-25)7-17(6-15)11-25/h1-2,8,14-17H,3-7,9-13H2,(H,28,29,30). The number of rotatable bonds is 4. The average molecular weight is 439 g/mol. The van der Waals surface area contributed by atoms with Crippen molar-refractivity contribution in [3.63, 3.8) is 0 Å². The van der Waals surface area contributed by atoms with Gasteiger partial charge in [-0.15, -0.1) is 0 Å². The Labute approximate surface area is 186 Å². The first-order valence-electron chi connectivity index (χ1n) is 11.8. The second-order valence-corrected chi connectivity index (χ2v) is 10.5. The van der Waals surface area contributed by atoms with Gasteiger partial charge in [0, 0.05) is 24.2 Å². The number of carbonyl (C=O) groups is 1. The van der Waals surface area contributed by atoms with E-state index in [4.69, 9.17) is 0 Å². The lowest BCUT2D eigenvalue weighted by Gasteiger charge is -2.57. The minimum absolute atomic E-state index is 0.154. The van der Waals surface area contributed by atoms with Gasteiger partial charge in [-0.25, -0.2) is 18.7 Å². The van der Waals surface area contributed by atoms with Gasteiger partial charge < -0.3 is 10.2 Å². The van der Waals surface area contributed by atoms with Crippen molar-refractivity contribution in [2.24, 2.45) is 23.2 Å². The van der Waals surface area contributed by atoms with E-state index in [0.717, 1.165) is 53.5 Å². The van der Waals surface area contributed by atoms with E-state index >= 15 is 0 Å². The highest BCUT2D eigenvalue weighted by molar-refractivity contribution is 5.94. The minimum atomic E-state index is -1.01. The van der Waals surface area contributed by atoms with Gasteiger partial charge in [0.25, 0.3) is 5.91 Å². The Morgan fingerprint density at radius 2 is 1.78 bits per heavy atom. The zero-order valence-corrected chi connectivity index (χ0v) is 18.1. The summed E-state index contributed by atoms with van der Waals surface area (Å²) in [7, 11) is 0. The molecule has 4 saturated carbocycles. The normalized spacial score (nSPS) is 30.3. The van der Waals surface area contributed by atoms with Crippen molar-refractivity contribution in [3.05, 3.63) is 53.0 Å². The molecule has 0 radical (unpaired) electrons. The molecular formula is C25H28F2N4O. The van der Waals surface area contributed by atoms with Crippen LogP contribution in [0.2, 0.25) is 0 Å². The monoisotopic (exact) mass is 438 g/mol. The lowest BCUT2D eigenvalue weighted by atomic mass is 9.49.